The number of hydrogen-bond donors (Lipinski definition) is 1. The van der Waals surface area contributed by atoms with E-state index in [1.807, 2.05) is 66.9 Å². The summed E-state index contributed by atoms with van der Waals surface area (Å²) in [6, 6.07) is 24.4. The number of carbonyl (C=O) groups is 1. The molecule has 5 rings (SSSR count). The number of methoxy groups -OCH3 is 1. The van der Waals surface area contributed by atoms with Crippen molar-refractivity contribution in [2.75, 3.05) is 38.2 Å². The molecule has 2 heterocycles. The molecular weight excluding hydrogens is 505 g/mol. The van der Waals surface area contributed by atoms with E-state index < -0.39 is 0 Å². The van der Waals surface area contributed by atoms with Crippen molar-refractivity contribution in [2.45, 2.75) is 20.4 Å². The van der Waals surface area contributed by atoms with Crippen molar-refractivity contribution in [3.05, 3.63) is 113 Å². The minimum Gasteiger partial charge on any atom is -0.495 e. The minimum atomic E-state index is -0.292. The van der Waals surface area contributed by atoms with Gasteiger partial charge in [0.25, 0.3) is 5.91 Å². The van der Waals surface area contributed by atoms with Crippen LogP contribution in [0.4, 0.5) is 10.1 Å². The lowest BCUT2D eigenvalue weighted by atomic mass is 10.1. The van der Waals surface area contributed by atoms with Gasteiger partial charge >= 0.3 is 0 Å². The summed E-state index contributed by atoms with van der Waals surface area (Å²) in [6.45, 7) is 8.41. The predicted molar refractivity (Wildman–Crippen MR) is 157 cm³/mol. The Morgan fingerprint density at radius 3 is 2.33 bits per heavy atom. The lowest BCUT2D eigenvalue weighted by Gasteiger charge is -2.36. The second-order valence-corrected chi connectivity index (χ2v) is 9.94. The first-order valence-electron chi connectivity index (χ1n) is 13.4. The van der Waals surface area contributed by atoms with Crippen molar-refractivity contribution in [3.63, 3.8) is 0 Å². The Bertz CT molecular complexity index is 1500. The van der Waals surface area contributed by atoms with Crippen LogP contribution in [-0.4, -0.2) is 54.9 Å². The van der Waals surface area contributed by atoms with Crippen LogP contribution in [0.25, 0.3) is 5.69 Å². The van der Waals surface area contributed by atoms with Crippen LogP contribution in [0.5, 0.6) is 5.75 Å². The molecule has 206 valence electrons. The summed E-state index contributed by atoms with van der Waals surface area (Å²) in [4.78, 5) is 17.5. The summed E-state index contributed by atoms with van der Waals surface area (Å²) in [6.07, 6.45) is 1.59. The third-order valence-electron chi connectivity index (χ3n) is 7.35. The van der Waals surface area contributed by atoms with E-state index in [1.54, 1.807) is 31.5 Å². The third-order valence-corrected chi connectivity index (χ3v) is 7.35. The molecule has 0 spiro atoms. The Balaban J connectivity index is 1.14. The fourth-order valence-corrected chi connectivity index (χ4v) is 5.20. The number of halogens is 1. The van der Waals surface area contributed by atoms with Crippen molar-refractivity contribution < 1.29 is 13.9 Å². The SMILES string of the molecule is COc1ccccc1N1CCN(Cc2ccc(C(=O)NN=Cc3cc(C)n(-c4ccccc4F)c3C)cc2)CC1. The van der Waals surface area contributed by atoms with Crippen molar-refractivity contribution in [2.24, 2.45) is 5.10 Å². The normalized spacial score (nSPS) is 14.1. The Labute approximate surface area is 234 Å². The fraction of sp³-hybridized carbons (Fsp3) is 0.250. The molecule has 40 heavy (non-hydrogen) atoms. The molecule has 4 aromatic rings. The highest BCUT2D eigenvalue weighted by Crippen LogP contribution is 2.28. The van der Waals surface area contributed by atoms with Gasteiger partial charge in [0.1, 0.15) is 11.6 Å². The van der Waals surface area contributed by atoms with Gasteiger partial charge in [-0.2, -0.15) is 5.10 Å². The molecule has 1 aromatic heterocycles. The quantitative estimate of drug-likeness (QED) is 0.243. The number of hydrazone groups is 1. The van der Waals surface area contributed by atoms with E-state index in [2.05, 4.69) is 26.4 Å². The van der Waals surface area contributed by atoms with Gasteiger partial charge < -0.3 is 14.2 Å². The number of para-hydroxylation sites is 3. The molecule has 0 unspecified atom stereocenters. The van der Waals surface area contributed by atoms with Crippen LogP contribution in [0.3, 0.4) is 0 Å². The Hall–Kier alpha value is -4.43. The number of aryl methyl sites for hydroxylation is 1. The topological polar surface area (TPSA) is 62.1 Å². The summed E-state index contributed by atoms with van der Waals surface area (Å²) in [5, 5.41) is 4.16. The second kappa shape index (κ2) is 12.2. The zero-order chi connectivity index (χ0) is 28.1. The van der Waals surface area contributed by atoms with Gasteiger partial charge in [-0.05, 0) is 61.9 Å². The standard InChI is InChI=1S/C32H34FN5O2/c1-23-20-27(24(2)38(23)29-9-5-4-8-28(29)33)21-34-35-32(39)26-14-12-25(13-15-26)22-36-16-18-37(19-17-36)30-10-6-7-11-31(30)40-3/h4-15,20-21H,16-19,22H2,1-3H3,(H,35,39). The monoisotopic (exact) mass is 539 g/mol. The molecule has 1 aliphatic rings. The number of ether oxygens (including phenoxy) is 1. The smallest absolute Gasteiger partial charge is 0.271 e. The minimum absolute atomic E-state index is 0.281. The molecule has 0 radical (unpaired) electrons. The average Bonchev–Trinajstić information content (AvgIpc) is 3.26. The lowest BCUT2D eigenvalue weighted by Crippen LogP contribution is -2.46. The predicted octanol–water partition coefficient (Wildman–Crippen LogP) is 5.33. The Morgan fingerprint density at radius 2 is 1.62 bits per heavy atom. The molecule has 0 saturated carbocycles. The Kier molecular flexibility index (Phi) is 8.26. The van der Waals surface area contributed by atoms with Crippen molar-refractivity contribution in [3.8, 4) is 11.4 Å². The maximum absolute atomic E-state index is 14.3. The molecule has 0 aliphatic carbocycles. The number of carbonyl (C=O) groups excluding carboxylic acids is 1. The molecule has 8 heteroatoms. The zero-order valence-electron chi connectivity index (χ0n) is 23.1. The molecule has 3 aromatic carbocycles. The van der Waals surface area contributed by atoms with Crippen molar-refractivity contribution in [1.82, 2.24) is 14.9 Å². The van der Waals surface area contributed by atoms with E-state index >= 15 is 0 Å². The van der Waals surface area contributed by atoms with Gasteiger partial charge in [0, 0.05) is 55.2 Å². The van der Waals surface area contributed by atoms with E-state index in [0.717, 1.165) is 66.7 Å². The largest absolute Gasteiger partial charge is 0.495 e. The summed E-state index contributed by atoms with van der Waals surface area (Å²) in [5.41, 5.74) is 8.46. The molecule has 1 N–H and O–H groups in total. The zero-order valence-corrected chi connectivity index (χ0v) is 23.1. The summed E-state index contributed by atoms with van der Waals surface area (Å²) >= 11 is 0. The van der Waals surface area contributed by atoms with E-state index in [9.17, 15) is 9.18 Å². The number of aromatic nitrogens is 1. The van der Waals surface area contributed by atoms with E-state index in [-0.39, 0.29) is 11.7 Å². The van der Waals surface area contributed by atoms with Crippen LogP contribution in [0.15, 0.2) is 84.0 Å². The summed E-state index contributed by atoms with van der Waals surface area (Å²) in [7, 11) is 1.71. The second-order valence-electron chi connectivity index (χ2n) is 9.94. The highest BCUT2D eigenvalue weighted by atomic mass is 19.1. The van der Waals surface area contributed by atoms with Crippen LogP contribution >= 0.6 is 0 Å². The molecule has 0 bridgehead atoms. The van der Waals surface area contributed by atoms with Crippen LogP contribution in [0.2, 0.25) is 0 Å². The number of nitrogens with one attached hydrogen (secondary N) is 1. The number of benzene rings is 3. The number of rotatable bonds is 8. The van der Waals surface area contributed by atoms with E-state index in [1.165, 1.54) is 6.07 Å². The molecular formula is C32H34FN5O2. The fourth-order valence-electron chi connectivity index (χ4n) is 5.20. The maximum Gasteiger partial charge on any atom is 0.271 e. The highest BCUT2D eigenvalue weighted by molar-refractivity contribution is 5.95. The number of hydrogen-bond acceptors (Lipinski definition) is 5. The molecule has 1 saturated heterocycles. The first-order chi connectivity index (χ1) is 19.4. The highest BCUT2D eigenvalue weighted by Gasteiger charge is 2.20. The van der Waals surface area contributed by atoms with Gasteiger partial charge in [-0.25, -0.2) is 9.82 Å². The lowest BCUT2D eigenvalue weighted by molar-refractivity contribution is 0.0955. The van der Waals surface area contributed by atoms with Gasteiger partial charge in [0.15, 0.2) is 0 Å². The average molecular weight is 540 g/mol. The summed E-state index contributed by atoms with van der Waals surface area (Å²) in [5.74, 6) is 0.330. The molecule has 1 amide bonds. The van der Waals surface area contributed by atoms with Crippen LogP contribution < -0.4 is 15.1 Å². The van der Waals surface area contributed by atoms with Gasteiger partial charge in [0.2, 0.25) is 0 Å². The van der Waals surface area contributed by atoms with E-state index in [0.29, 0.717) is 11.3 Å². The van der Waals surface area contributed by atoms with Gasteiger partial charge in [0.05, 0.1) is 24.7 Å². The van der Waals surface area contributed by atoms with Gasteiger partial charge in [-0.15, -0.1) is 0 Å². The van der Waals surface area contributed by atoms with Crippen LogP contribution in [0, 0.1) is 19.7 Å². The van der Waals surface area contributed by atoms with Crippen molar-refractivity contribution in [1.29, 1.82) is 0 Å². The van der Waals surface area contributed by atoms with Gasteiger partial charge in [-0.3, -0.25) is 9.69 Å². The number of amides is 1. The van der Waals surface area contributed by atoms with E-state index in [4.69, 9.17) is 4.74 Å². The summed E-state index contributed by atoms with van der Waals surface area (Å²) < 4.78 is 21.7. The molecule has 0 atom stereocenters. The Morgan fingerprint density at radius 1 is 0.950 bits per heavy atom. The molecule has 1 fully saturated rings. The van der Waals surface area contributed by atoms with Crippen molar-refractivity contribution >= 4 is 17.8 Å². The molecule has 1 aliphatic heterocycles. The van der Waals surface area contributed by atoms with Crippen LogP contribution in [-0.2, 0) is 6.54 Å². The van der Waals surface area contributed by atoms with Gasteiger partial charge in [-0.1, -0.05) is 36.4 Å². The maximum atomic E-state index is 14.3. The number of piperazine rings is 1. The first-order valence-corrected chi connectivity index (χ1v) is 13.4. The van der Waals surface area contributed by atoms with Crippen LogP contribution in [0.1, 0.15) is 32.9 Å². The number of nitrogens with zero attached hydrogens (tertiary/aromatic N) is 4. The first kappa shape index (κ1) is 27.1. The molecule has 7 nitrogen and oxygen atoms in total. The number of anilines is 1. The third kappa shape index (κ3) is 5.92.